The van der Waals surface area contributed by atoms with Gasteiger partial charge in [0.25, 0.3) is 5.91 Å². The van der Waals surface area contributed by atoms with Crippen LogP contribution in [0.25, 0.3) is 6.08 Å². The first-order valence-electron chi connectivity index (χ1n) is 11.2. The van der Waals surface area contributed by atoms with Gasteiger partial charge in [0.15, 0.2) is 5.84 Å². The van der Waals surface area contributed by atoms with Crippen LogP contribution in [-0.2, 0) is 10.2 Å². The van der Waals surface area contributed by atoms with Gasteiger partial charge in [0, 0.05) is 0 Å². The Morgan fingerprint density at radius 1 is 1.00 bits per heavy atom. The van der Waals surface area contributed by atoms with Gasteiger partial charge in [0.1, 0.15) is 29.8 Å². The zero-order chi connectivity index (χ0) is 24.3. The number of nitrogens with one attached hydrogen (secondary N) is 1. The average Bonchev–Trinajstić information content (AvgIpc) is 3.23. The van der Waals surface area contributed by atoms with Crippen molar-refractivity contribution < 1.29 is 14.3 Å². The monoisotopic (exact) mass is 476 g/mol. The van der Waals surface area contributed by atoms with E-state index in [1.54, 1.807) is 6.08 Å². The summed E-state index contributed by atoms with van der Waals surface area (Å²) < 4.78 is 11.5. The maximum atomic E-state index is 12.4. The van der Waals surface area contributed by atoms with E-state index in [0.717, 1.165) is 22.8 Å². The van der Waals surface area contributed by atoms with Crippen LogP contribution in [0, 0.1) is 5.41 Å². The maximum absolute atomic E-state index is 12.4. The molecule has 0 bridgehead atoms. The van der Waals surface area contributed by atoms with Gasteiger partial charge in [0.2, 0.25) is 5.17 Å². The number of thioether (sulfide) groups is 1. The van der Waals surface area contributed by atoms with Gasteiger partial charge >= 0.3 is 0 Å². The second kappa shape index (κ2) is 9.85. The molecule has 176 valence electrons. The van der Waals surface area contributed by atoms with Crippen LogP contribution >= 0.6 is 11.8 Å². The maximum Gasteiger partial charge on any atom is 0.283 e. The minimum absolute atomic E-state index is 0.0407. The molecule has 0 atom stereocenters. The molecular weight excluding hydrogens is 448 g/mol. The number of carbonyl (C=O) groups excluding carboxylic acids is 1. The quantitative estimate of drug-likeness (QED) is 0.423. The molecule has 7 nitrogen and oxygen atoms in total. The van der Waals surface area contributed by atoms with E-state index in [1.807, 2.05) is 43.3 Å². The summed E-state index contributed by atoms with van der Waals surface area (Å²) in [4.78, 5) is 16.5. The number of hydrazone groups is 1. The highest BCUT2D eigenvalue weighted by molar-refractivity contribution is 8.26. The number of benzene rings is 2. The van der Waals surface area contributed by atoms with Crippen LogP contribution in [0.2, 0.25) is 0 Å². The number of ether oxygens (including phenoxy) is 2. The first-order chi connectivity index (χ1) is 16.2. The zero-order valence-electron chi connectivity index (χ0n) is 19.8. The van der Waals surface area contributed by atoms with Crippen LogP contribution in [-0.4, -0.2) is 40.2 Å². The lowest BCUT2D eigenvalue weighted by Gasteiger charge is -2.20. The molecule has 0 fully saturated rings. The Bertz CT molecular complexity index is 1180. The van der Waals surface area contributed by atoms with Crippen molar-refractivity contribution in [2.45, 2.75) is 39.5 Å². The van der Waals surface area contributed by atoms with Crippen molar-refractivity contribution in [2.75, 3.05) is 13.2 Å². The van der Waals surface area contributed by atoms with Crippen molar-refractivity contribution in [1.82, 2.24) is 5.01 Å². The Kier molecular flexibility index (Phi) is 6.88. The van der Waals surface area contributed by atoms with Gasteiger partial charge in [-0.15, -0.1) is 0 Å². The molecule has 2 heterocycles. The molecule has 2 aromatic carbocycles. The summed E-state index contributed by atoms with van der Waals surface area (Å²) in [7, 11) is 0. The van der Waals surface area contributed by atoms with Crippen LogP contribution in [0.3, 0.4) is 0 Å². The van der Waals surface area contributed by atoms with E-state index >= 15 is 0 Å². The number of amides is 1. The molecular formula is C26H28N4O3S. The smallest absolute Gasteiger partial charge is 0.283 e. The minimum atomic E-state index is -0.427. The van der Waals surface area contributed by atoms with Gasteiger partial charge < -0.3 is 9.47 Å². The van der Waals surface area contributed by atoms with E-state index in [4.69, 9.17) is 14.9 Å². The Hall–Kier alpha value is -3.39. The lowest BCUT2D eigenvalue weighted by atomic mass is 9.87. The first-order valence-corrected chi connectivity index (χ1v) is 12.0. The molecule has 8 heteroatoms. The number of fused-ring (bicyclic) bond motifs is 1. The van der Waals surface area contributed by atoms with Gasteiger partial charge in [-0.1, -0.05) is 52.0 Å². The summed E-state index contributed by atoms with van der Waals surface area (Å²) in [5, 5.41) is 15.4. The van der Waals surface area contributed by atoms with Gasteiger partial charge in [-0.3, -0.25) is 10.2 Å². The van der Waals surface area contributed by atoms with Crippen molar-refractivity contribution in [3.8, 4) is 11.5 Å². The summed E-state index contributed by atoms with van der Waals surface area (Å²) >= 11 is 1.33. The largest absolute Gasteiger partial charge is 0.490 e. The van der Waals surface area contributed by atoms with Crippen molar-refractivity contribution in [2.24, 2.45) is 10.1 Å². The predicted octanol–water partition coefficient (Wildman–Crippen LogP) is 5.47. The van der Waals surface area contributed by atoms with E-state index < -0.39 is 5.91 Å². The summed E-state index contributed by atoms with van der Waals surface area (Å²) in [5.41, 5.74) is 2.37. The van der Waals surface area contributed by atoms with Crippen LogP contribution in [0.4, 0.5) is 0 Å². The Morgan fingerprint density at radius 3 is 2.15 bits per heavy atom. The van der Waals surface area contributed by atoms with E-state index in [-0.39, 0.29) is 16.8 Å². The highest BCUT2D eigenvalue weighted by Crippen LogP contribution is 2.29. The number of hydrogen-bond donors (Lipinski definition) is 1. The molecule has 2 aliphatic rings. The van der Waals surface area contributed by atoms with Crippen LogP contribution in [0.5, 0.6) is 11.5 Å². The van der Waals surface area contributed by atoms with Crippen molar-refractivity contribution in [1.29, 1.82) is 5.41 Å². The summed E-state index contributed by atoms with van der Waals surface area (Å²) in [6.45, 7) is 9.37. The molecule has 0 saturated carbocycles. The fourth-order valence-corrected chi connectivity index (χ4v) is 4.20. The molecule has 0 radical (unpaired) electrons. The van der Waals surface area contributed by atoms with Gasteiger partial charge in [-0.05, 0) is 65.1 Å². The third-order valence-electron chi connectivity index (χ3n) is 5.33. The van der Waals surface area contributed by atoms with Gasteiger partial charge in [0.05, 0.1) is 5.57 Å². The second-order valence-electron chi connectivity index (χ2n) is 8.91. The number of rotatable bonds is 7. The number of hydrogen-bond acceptors (Lipinski definition) is 6. The summed E-state index contributed by atoms with van der Waals surface area (Å²) in [6.07, 6.45) is 2.39. The highest BCUT2D eigenvalue weighted by atomic mass is 32.2. The molecule has 0 unspecified atom stereocenters. The van der Waals surface area contributed by atoms with E-state index in [9.17, 15) is 4.79 Å². The van der Waals surface area contributed by atoms with Crippen molar-refractivity contribution >= 4 is 39.8 Å². The lowest BCUT2D eigenvalue weighted by Crippen LogP contribution is -2.35. The van der Waals surface area contributed by atoms with Crippen molar-refractivity contribution in [3.63, 3.8) is 0 Å². The molecule has 4 rings (SSSR count). The Morgan fingerprint density at radius 2 is 1.59 bits per heavy atom. The predicted molar refractivity (Wildman–Crippen MR) is 138 cm³/mol. The zero-order valence-corrected chi connectivity index (χ0v) is 20.6. The first kappa shape index (κ1) is 23.8. The fourth-order valence-electron chi connectivity index (χ4n) is 3.37. The minimum Gasteiger partial charge on any atom is -0.490 e. The van der Waals surface area contributed by atoms with Crippen LogP contribution in [0.15, 0.2) is 64.2 Å². The number of carbonyl (C=O) groups is 1. The molecule has 34 heavy (non-hydrogen) atoms. The van der Waals surface area contributed by atoms with Gasteiger partial charge in [-0.2, -0.15) is 15.1 Å². The number of nitrogens with zero attached hydrogens (tertiary/aromatic N) is 3. The molecule has 0 saturated heterocycles. The Balaban J connectivity index is 1.31. The lowest BCUT2D eigenvalue weighted by molar-refractivity contribution is -0.114. The topological polar surface area (TPSA) is 87.3 Å². The average molecular weight is 477 g/mol. The molecule has 0 aromatic heterocycles. The van der Waals surface area contributed by atoms with Gasteiger partial charge in [-0.25, -0.2) is 0 Å². The third kappa shape index (κ3) is 5.39. The van der Waals surface area contributed by atoms with E-state index in [2.05, 4.69) is 43.0 Å². The number of amidine groups is 2. The Labute approximate surface area is 204 Å². The van der Waals surface area contributed by atoms with E-state index in [1.165, 1.54) is 22.3 Å². The van der Waals surface area contributed by atoms with Crippen LogP contribution in [0.1, 0.15) is 45.2 Å². The van der Waals surface area contributed by atoms with Crippen molar-refractivity contribution in [3.05, 3.63) is 65.2 Å². The van der Waals surface area contributed by atoms with Crippen LogP contribution < -0.4 is 9.47 Å². The summed E-state index contributed by atoms with van der Waals surface area (Å²) in [5.74, 6) is 1.13. The molecule has 0 spiro atoms. The molecule has 2 aromatic rings. The molecule has 2 aliphatic heterocycles. The molecule has 0 aliphatic carbocycles. The summed E-state index contributed by atoms with van der Waals surface area (Å²) in [6, 6.07) is 15.5. The highest BCUT2D eigenvalue weighted by Gasteiger charge is 2.35. The van der Waals surface area contributed by atoms with E-state index in [0.29, 0.717) is 24.1 Å². The normalized spacial score (nSPS) is 16.9. The fraction of sp³-hybridized carbons (Fsp3) is 0.308. The standard InChI is InChI=1S/C26H28N4O3S/c1-5-22-29-30-23(27)21(24(31)28-25(30)34-22)16-17-6-10-19(11-7-17)32-14-15-33-20-12-8-18(9-13-20)26(2,3)4/h6-13,16,27H,5,14-15H2,1-4H3/b21-16+,27-23?. The third-order valence-corrected chi connectivity index (χ3v) is 6.38. The molecule has 1 amide bonds. The molecule has 1 N–H and O–H groups in total. The number of aliphatic imine (C=N–C) groups is 1. The SMILES string of the molecule is CCC1=NN2C(=N)/C(=C\c3ccc(OCCOc4ccc(C(C)(C)C)cc4)cc3)C(=O)N=C2S1. The second-order valence-corrected chi connectivity index (χ2v) is 9.95.